The molecule has 0 bridgehead atoms. The van der Waals surface area contributed by atoms with Crippen LogP contribution < -0.4 is 15.4 Å². The highest BCUT2D eigenvalue weighted by Gasteiger charge is 2.65. The predicted octanol–water partition coefficient (Wildman–Crippen LogP) is 1.84. The number of likely N-dealkylation sites (N-methyl/N-ethyl adjacent to an activating group) is 1. The lowest BCUT2D eigenvalue weighted by Crippen LogP contribution is -2.78. The number of fused-ring (bicyclic) bond motifs is 1. The molecule has 0 saturated carbocycles. The number of rotatable bonds is 12. The minimum atomic E-state index is -1.69. The number of carboxylic acid groups (broad SMARTS) is 1. The van der Waals surface area contributed by atoms with Crippen LogP contribution >= 0.6 is 23.5 Å². The standard InChI is InChI=1S/C34H35N5O12S2/c1-4-37-14-15-38(28(43)27(37)42)32(47)35-24(21-10-12-23(13-11-21)51-33(48)50-16-20-8-6-5-7-9-20)26(41)36-34(52-3)30(46)39-25(29(44)45)22(17-49-19(2)40)18-53-31(34)39/h5-13,24,31H,4,14-18H2,1-3H3,(H,35,47)(H,36,41)(H,44,45)/t24?,31-,34+/m1/s1. The maximum atomic E-state index is 14.1. The Labute approximate surface area is 311 Å². The number of nitrogens with one attached hydrogen (secondary N) is 2. The fourth-order valence-electron chi connectivity index (χ4n) is 5.74. The van der Waals surface area contributed by atoms with Crippen LogP contribution in [0.1, 0.15) is 31.0 Å². The number of benzene rings is 2. The van der Waals surface area contributed by atoms with Crippen molar-refractivity contribution in [1.82, 2.24) is 25.3 Å². The second-order valence-electron chi connectivity index (χ2n) is 11.7. The van der Waals surface area contributed by atoms with Gasteiger partial charge in [0, 0.05) is 37.9 Å². The third kappa shape index (κ3) is 8.10. The number of hydrogen-bond acceptors (Lipinski definition) is 13. The lowest BCUT2D eigenvalue weighted by Gasteiger charge is -2.56. The van der Waals surface area contributed by atoms with Crippen molar-refractivity contribution in [3.63, 3.8) is 0 Å². The molecule has 53 heavy (non-hydrogen) atoms. The summed E-state index contributed by atoms with van der Waals surface area (Å²) in [5.41, 5.74) is 0.706. The van der Waals surface area contributed by atoms with E-state index in [4.69, 9.17) is 14.2 Å². The number of aliphatic carboxylic acids is 1. The Bertz CT molecular complexity index is 1860. The first-order chi connectivity index (χ1) is 25.3. The molecule has 6 amide bonds. The molecule has 19 heteroatoms. The summed E-state index contributed by atoms with van der Waals surface area (Å²) in [6.45, 7) is 2.66. The number of carbonyl (C=O) groups is 8. The predicted molar refractivity (Wildman–Crippen MR) is 188 cm³/mol. The minimum absolute atomic E-state index is 0.0373. The highest BCUT2D eigenvalue weighted by Crippen LogP contribution is 2.50. The van der Waals surface area contributed by atoms with Crippen LogP contribution in [0.3, 0.4) is 0 Å². The molecule has 280 valence electrons. The molecule has 3 atom stereocenters. The van der Waals surface area contributed by atoms with E-state index < -0.39 is 64.0 Å². The number of imide groups is 1. The Morgan fingerprint density at radius 1 is 0.981 bits per heavy atom. The first-order valence-corrected chi connectivity index (χ1v) is 18.4. The Kier molecular flexibility index (Phi) is 12.0. The van der Waals surface area contributed by atoms with Gasteiger partial charge in [0.1, 0.15) is 36.1 Å². The number of nitrogens with zero attached hydrogens (tertiary/aromatic N) is 3. The van der Waals surface area contributed by atoms with Gasteiger partial charge in [-0.3, -0.25) is 33.8 Å². The molecule has 2 fully saturated rings. The van der Waals surface area contributed by atoms with Crippen molar-refractivity contribution in [3.8, 4) is 5.75 Å². The molecule has 0 radical (unpaired) electrons. The molecule has 5 rings (SSSR count). The highest BCUT2D eigenvalue weighted by atomic mass is 32.2. The van der Waals surface area contributed by atoms with Gasteiger partial charge in [-0.05, 0) is 36.4 Å². The first-order valence-electron chi connectivity index (χ1n) is 16.1. The Balaban J connectivity index is 1.38. The van der Waals surface area contributed by atoms with Gasteiger partial charge < -0.3 is 34.9 Å². The van der Waals surface area contributed by atoms with Crippen LogP contribution in [-0.4, -0.2) is 116 Å². The Morgan fingerprint density at radius 3 is 2.30 bits per heavy atom. The summed E-state index contributed by atoms with van der Waals surface area (Å²) >= 11 is 2.09. The first kappa shape index (κ1) is 38.7. The zero-order chi connectivity index (χ0) is 38.4. The summed E-state index contributed by atoms with van der Waals surface area (Å²) in [7, 11) is 0. The monoisotopic (exact) mass is 769 g/mol. The molecule has 0 aliphatic carbocycles. The number of urea groups is 1. The summed E-state index contributed by atoms with van der Waals surface area (Å²) in [6.07, 6.45) is 0.548. The third-order valence-electron chi connectivity index (χ3n) is 8.47. The molecule has 1 unspecified atom stereocenters. The maximum Gasteiger partial charge on any atom is 0.514 e. The van der Waals surface area contributed by atoms with Crippen LogP contribution in [0.25, 0.3) is 0 Å². The molecule has 2 aromatic carbocycles. The van der Waals surface area contributed by atoms with Crippen molar-refractivity contribution in [3.05, 3.63) is 77.0 Å². The van der Waals surface area contributed by atoms with Gasteiger partial charge in [-0.1, -0.05) is 42.5 Å². The second-order valence-corrected chi connectivity index (χ2v) is 13.8. The SMILES string of the molecule is CCN1CCN(C(=O)NC(C(=O)N[C@]2(SC)C(=O)N3C(C(=O)O)=C(COC(C)=O)CS[C@@H]32)c2ccc(OC(=O)OCc3ccccc3)cc2)C(=O)C1=O. The summed E-state index contributed by atoms with van der Waals surface area (Å²) in [6, 6.07) is 11.7. The average Bonchev–Trinajstić information content (AvgIpc) is 3.15. The molecule has 3 heterocycles. The van der Waals surface area contributed by atoms with E-state index in [9.17, 15) is 43.5 Å². The molecule has 17 nitrogen and oxygen atoms in total. The van der Waals surface area contributed by atoms with Crippen LogP contribution in [-0.2, 0) is 44.8 Å². The number of esters is 1. The maximum absolute atomic E-state index is 14.1. The number of amides is 6. The third-order valence-corrected chi connectivity index (χ3v) is 11.2. The molecule has 2 saturated heterocycles. The lowest BCUT2D eigenvalue weighted by molar-refractivity contribution is -0.153. The van der Waals surface area contributed by atoms with E-state index in [1.165, 1.54) is 36.1 Å². The van der Waals surface area contributed by atoms with Crippen LogP contribution in [0.4, 0.5) is 9.59 Å². The second kappa shape index (κ2) is 16.4. The van der Waals surface area contributed by atoms with Crippen molar-refractivity contribution in [1.29, 1.82) is 0 Å². The van der Waals surface area contributed by atoms with E-state index in [0.717, 1.165) is 34.0 Å². The highest BCUT2D eigenvalue weighted by molar-refractivity contribution is 8.05. The van der Waals surface area contributed by atoms with E-state index in [2.05, 4.69) is 10.6 Å². The van der Waals surface area contributed by atoms with Crippen molar-refractivity contribution >= 4 is 71.3 Å². The number of thioether (sulfide) groups is 2. The quantitative estimate of drug-likeness (QED) is 0.0923. The fraction of sp³-hybridized carbons (Fsp3) is 0.353. The van der Waals surface area contributed by atoms with Gasteiger partial charge in [-0.25, -0.2) is 14.4 Å². The van der Waals surface area contributed by atoms with Gasteiger partial charge in [0.15, 0.2) is 4.87 Å². The lowest BCUT2D eigenvalue weighted by atomic mass is 10.00. The zero-order valence-electron chi connectivity index (χ0n) is 28.7. The summed E-state index contributed by atoms with van der Waals surface area (Å²) in [5.74, 6) is -5.61. The topological polar surface area (TPSA) is 218 Å². The molecule has 3 aliphatic rings. The number of β-lactam (4-membered cyclic amide) rings is 1. The molecule has 0 spiro atoms. The van der Waals surface area contributed by atoms with Gasteiger partial charge in [-0.15, -0.1) is 23.5 Å². The number of piperazine rings is 1. The molecule has 3 aliphatic heterocycles. The normalized spacial score (nSPS) is 20.2. The van der Waals surface area contributed by atoms with Crippen molar-refractivity contribution in [2.45, 2.75) is 36.7 Å². The fourth-order valence-corrected chi connectivity index (χ4v) is 8.34. The summed E-state index contributed by atoms with van der Waals surface area (Å²) in [4.78, 5) is 104. The largest absolute Gasteiger partial charge is 0.514 e. The van der Waals surface area contributed by atoms with Crippen molar-refractivity contribution < 1.29 is 57.7 Å². The van der Waals surface area contributed by atoms with Crippen LogP contribution in [0.15, 0.2) is 65.9 Å². The van der Waals surface area contributed by atoms with Crippen molar-refractivity contribution in [2.24, 2.45) is 0 Å². The van der Waals surface area contributed by atoms with Crippen LogP contribution in [0.2, 0.25) is 0 Å². The number of carbonyl (C=O) groups excluding carboxylic acids is 7. The number of carboxylic acids is 1. The van der Waals surface area contributed by atoms with Gasteiger partial charge in [0.2, 0.25) is 5.91 Å². The van der Waals surface area contributed by atoms with E-state index in [0.29, 0.717) is 4.90 Å². The van der Waals surface area contributed by atoms with Gasteiger partial charge in [0.05, 0.1) is 0 Å². The van der Waals surface area contributed by atoms with E-state index >= 15 is 0 Å². The zero-order valence-corrected chi connectivity index (χ0v) is 30.3. The van der Waals surface area contributed by atoms with Crippen LogP contribution in [0, 0.1) is 0 Å². The van der Waals surface area contributed by atoms with Gasteiger partial charge >= 0.3 is 35.9 Å². The van der Waals surface area contributed by atoms with E-state index in [1.54, 1.807) is 37.4 Å². The molecule has 0 aromatic heterocycles. The molecule has 3 N–H and O–H groups in total. The molecule has 2 aromatic rings. The van der Waals surface area contributed by atoms with Crippen molar-refractivity contribution in [2.75, 3.05) is 38.2 Å². The Morgan fingerprint density at radius 2 is 1.68 bits per heavy atom. The number of ether oxygens (including phenoxy) is 3. The Hall–Kier alpha value is -5.56. The summed E-state index contributed by atoms with van der Waals surface area (Å²) < 4.78 is 15.4. The summed E-state index contributed by atoms with van der Waals surface area (Å²) in [5, 5.41) is 14.3. The van der Waals surface area contributed by atoms with Gasteiger partial charge in [0.25, 0.3) is 5.91 Å². The average molecular weight is 770 g/mol. The van der Waals surface area contributed by atoms with Gasteiger partial charge in [-0.2, -0.15) is 0 Å². The minimum Gasteiger partial charge on any atom is -0.477 e. The van der Waals surface area contributed by atoms with E-state index in [-0.39, 0.29) is 61.2 Å². The number of hydrogen-bond donors (Lipinski definition) is 3. The smallest absolute Gasteiger partial charge is 0.477 e. The van der Waals surface area contributed by atoms with E-state index in [1.807, 2.05) is 6.07 Å². The molecular weight excluding hydrogens is 735 g/mol. The molecular formula is C34H35N5O12S2. The van der Waals surface area contributed by atoms with Crippen LogP contribution in [0.5, 0.6) is 5.75 Å².